The Kier molecular flexibility index (Phi) is 8.41. The Morgan fingerprint density at radius 2 is 1.81 bits per heavy atom. The lowest BCUT2D eigenvalue weighted by molar-refractivity contribution is -0.522. The SMILES string of the molecule is CC.CCC.CCc1ccc2[n+](c1)=CCN=2. The van der Waals surface area contributed by atoms with Gasteiger partial charge < -0.3 is 0 Å². The molecule has 0 spiro atoms. The van der Waals surface area contributed by atoms with E-state index in [0.29, 0.717) is 0 Å². The Labute approximate surface area is 99.4 Å². The van der Waals surface area contributed by atoms with Gasteiger partial charge in [-0.3, -0.25) is 0 Å². The minimum Gasteiger partial charge on any atom is -0.203 e. The summed E-state index contributed by atoms with van der Waals surface area (Å²) in [5.41, 5.74) is 2.43. The molecule has 2 nitrogen and oxygen atoms in total. The normalized spacial score (nSPS) is 10.8. The average molecular weight is 221 g/mol. The summed E-state index contributed by atoms with van der Waals surface area (Å²) >= 11 is 0. The van der Waals surface area contributed by atoms with Gasteiger partial charge in [0.05, 0.1) is 6.20 Å². The summed E-state index contributed by atoms with van der Waals surface area (Å²) < 4.78 is 2.10. The van der Waals surface area contributed by atoms with Crippen molar-refractivity contribution in [3.63, 3.8) is 0 Å². The molecule has 1 aromatic rings. The van der Waals surface area contributed by atoms with Crippen molar-refractivity contribution in [2.24, 2.45) is 4.99 Å². The summed E-state index contributed by atoms with van der Waals surface area (Å²) in [6, 6.07) is 4.21. The van der Waals surface area contributed by atoms with Crippen molar-refractivity contribution in [1.82, 2.24) is 0 Å². The third kappa shape index (κ3) is 4.56. The zero-order valence-electron chi connectivity index (χ0n) is 11.3. The topological polar surface area (TPSA) is 18.3 Å². The van der Waals surface area contributed by atoms with E-state index in [-0.39, 0.29) is 0 Å². The van der Waals surface area contributed by atoms with E-state index < -0.39 is 0 Å². The van der Waals surface area contributed by atoms with Crippen molar-refractivity contribution in [1.29, 1.82) is 0 Å². The van der Waals surface area contributed by atoms with Gasteiger partial charge in [0.2, 0.25) is 0 Å². The maximum atomic E-state index is 4.28. The van der Waals surface area contributed by atoms with E-state index in [1.54, 1.807) is 0 Å². The van der Waals surface area contributed by atoms with Crippen LogP contribution in [-0.4, -0.2) is 6.54 Å². The van der Waals surface area contributed by atoms with Crippen LogP contribution >= 0.6 is 0 Å². The molecule has 0 amide bonds. The fourth-order valence-electron chi connectivity index (χ4n) is 1.27. The van der Waals surface area contributed by atoms with Gasteiger partial charge in [-0.2, -0.15) is 0 Å². The first-order valence-electron chi connectivity index (χ1n) is 6.36. The highest BCUT2D eigenvalue weighted by molar-refractivity contribution is 5.04. The molecule has 0 unspecified atom stereocenters. The van der Waals surface area contributed by atoms with Crippen molar-refractivity contribution in [3.8, 4) is 0 Å². The van der Waals surface area contributed by atoms with Crippen molar-refractivity contribution in [3.05, 3.63) is 35.6 Å². The van der Waals surface area contributed by atoms with Crippen LogP contribution in [0.15, 0.2) is 23.3 Å². The Balaban J connectivity index is 0.000000394. The molecule has 0 radical (unpaired) electrons. The van der Waals surface area contributed by atoms with Gasteiger partial charge >= 0.3 is 5.49 Å². The van der Waals surface area contributed by atoms with Crippen LogP contribution in [-0.2, 0) is 6.42 Å². The van der Waals surface area contributed by atoms with E-state index in [1.807, 2.05) is 13.8 Å². The van der Waals surface area contributed by atoms with Gasteiger partial charge in [0.1, 0.15) is 6.21 Å². The molecule has 0 N–H and O–H groups in total. The maximum Gasteiger partial charge on any atom is 0.322 e. The first-order valence-corrected chi connectivity index (χ1v) is 6.36. The van der Waals surface area contributed by atoms with E-state index in [2.05, 4.69) is 54.6 Å². The Morgan fingerprint density at radius 1 is 1.19 bits per heavy atom. The molecule has 1 aromatic heterocycles. The standard InChI is InChI=1S/C9H11N2.C3H8.C2H6/c1-2-8-3-4-9-10-5-6-11(9)7-8;1-3-2;1-2/h3-4,6-7H,2,5H2,1H3;3H2,1-2H3;1-2H3/q+1;;. The van der Waals surface area contributed by atoms with Crippen molar-refractivity contribution in [2.45, 2.75) is 47.5 Å². The van der Waals surface area contributed by atoms with Gasteiger partial charge in [0.15, 0.2) is 6.54 Å². The highest BCUT2D eigenvalue weighted by Gasteiger charge is 2.02. The lowest BCUT2D eigenvalue weighted by atomic mass is 10.2. The molecule has 0 bridgehead atoms. The zero-order valence-corrected chi connectivity index (χ0v) is 11.3. The van der Waals surface area contributed by atoms with Crippen LogP contribution < -0.4 is 9.73 Å². The van der Waals surface area contributed by atoms with Crippen LogP contribution in [0.25, 0.3) is 0 Å². The largest absolute Gasteiger partial charge is 0.322 e. The number of aryl methyl sites for hydroxylation is 1. The summed E-state index contributed by atoms with van der Waals surface area (Å²) in [4.78, 5) is 4.28. The lowest BCUT2D eigenvalue weighted by Crippen LogP contribution is -2.34. The van der Waals surface area contributed by atoms with Crippen LogP contribution in [0.5, 0.6) is 0 Å². The van der Waals surface area contributed by atoms with Crippen LogP contribution in [0, 0.1) is 6.21 Å². The fourth-order valence-corrected chi connectivity index (χ4v) is 1.27. The molecule has 90 valence electrons. The van der Waals surface area contributed by atoms with E-state index >= 15 is 0 Å². The summed E-state index contributed by atoms with van der Waals surface area (Å²) in [6.07, 6.45) is 6.58. The fraction of sp³-hybridized carbons (Fsp3) is 0.571. The van der Waals surface area contributed by atoms with Crippen molar-refractivity contribution >= 4 is 0 Å². The molecular weight excluding hydrogens is 196 g/mol. The second-order valence-corrected chi connectivity index (χ2v) is 3.39. The van der Waals surface area contributed by atoms with E-state index in [0.717, 1.165) is 18.5 Å². The first-order chi connectivity index (χ1) is 7.81. The lowest BCUT2D eigenvalue weighted by Gasteiger charge is -1.88. The van der Waals surface area contributed by atoms with Gasteiger partial charge in [-0.15, -0.1) is 0 Å². The van der Waals surface area contributed by atoms with Crippen molar-refractivity contribution in [2.75, 3.05) is 6.54 Å². The molecule has 2 heterocycles. The highest BCUT2D eigenvalue weighted by Crippen LogP contribution is 1.91. The molecule has 1 aliphatic rings. The number of pyridine rings is 1. The second kappa shape index (κ2) is 9.08. The monoisotopic (exact) mass is 221 g/mol. The number of hydrogen-bond acceptors (Lipinski definition) is 1. The molecule has 16 heavy (non-hydrogen) atoms. The predicted octanol–water partition coefficient (Wildman–Crippen LogP) is 2.62. The molecule has 0 saturated carbocycles. The number of rotatable bonds is 1. The first kappa shape index (κ1) is 14.8. The van der Waals surface area contributed by atoms with Gasteiger partial charge in [-0.05, 0) is 18.1 Å². The quantitative estimate of drug-likeness (QED) is 0.649. The molecule has 0 aliphatic carbocycles. The minimum absolute atomic E-state index is 0.827. The maximum absolute atomic E-state index is 4.28. The molecule has 0 saturated heterocycles. The number of hydrogen-bond donors (Lipinski definition) is 0. The smallest absolute Gasteiger partial charge is 0.203 e. The summed E-state index contributed by atoms with van der Waals surface area (Å²) in [6.45, 7) is 11.2. The minimum atomic E-state index is 0.827. The van der Waals surface area contributed by atoms with Gasteiger partial charge in [0, 0.05) is 6.07 Å². The van der Waals surface area contributed by atoms with Crippen LogP contribution in [0.1, 0.15) is 46.6 Å². The van der Waals surface area contributed by atoms with Gasteiger partial charge in [-0.25, -0.2) is 4.24 Å². The van der Waals surface area contributed by atoms with E-state index in [4.69, 9.17) is 0 Å². The predicted molar refractivity (Wildman–Crippen MR) is 69.0 cm³/mol. The molecule has 2 heteroatoms. The van der Waals surface area contributed by atoms with Crippen molar-refractivity contribution < 1.29 is 4.24 Å². The molecular formula is C14H25N2+. The van der Waals surface area contributed by atoms with Crippen LogP contribution in [0.4, 0.5) is 0 Å². The average Bonchev–Trinajstić information content (AvgIpc) is 2.79. The molecule has 0 atom stereocenters. The third-order valence-electron chi connectivity index (χ3n) is 1.96. The van der Waals surface area contributed by atoms with Crippen LogP contribution in [0.2, 0.25) is 0 Å². The molecule has 1 aliphatic heterocycles. The third-order valence-corrected chi connectivity index (χ3v) is 1.96. The molecule has 0 fully saturated rings. The molecule has 2 rings (SSSR count). The van der Waals surface area contributed by atoms with Crippen LogP contribution in [0.3, 0.4) is 0 Å². The summed E-state index contributed by atoms with van der Waals surface area (Å²) in [5.74, 6) is 0. The number of nitrogens with zero attached hydrogens (tertiary/aromatic N) is 2. The highest BCUT2D eigenvalue weighted by atomic mass is 15.0. The molecule has 0 aromatic carbocycles. The Hall–Kier alpha value is -1.18. The number of fused-ring (bicyclic) bond motifs is 1. The second-order valence-electron chi connectivity index (χ2n) is 3.39. The zero-order chi connectivity index (χ0) is 12.4. The van der Waals surface area contributed by atoms with Gasteiger partial charge in [-0.1, -0.05) is 46.0 Å². The number of aromatic nitrogens is 1. The van der Waals surface area contributed by atoms with E-state index in [9.17, 15) is 0 Å². The van der Waals surface area contributed by atoms with E-state index in [1.165, 1.54) is 12.0 Å². The Morgan fingerprint density at radius 3 is 2.38 bits per heavy atom. The van der Waals surface area contributed by atoms with Gasteiger partial charge in [0.25, 0.3) is 0 Å². The summed E-state index contributed by atoms with van der Waals surface area (Å²) in [7, 11) is 0. The Bertz CT molecular complexity index is 394. The summed E-state index contributed by atoms with van der Waals surface area (Å²) in [5, 5.41) is 0.